The van der Waals surface area contributed by atoms with Crippen molar-refractivity contribution in [3.63, 3.8) is 0 Å². The van der Waals surface area contributed by atoms with Gasteiger partial charge in [-0.25, -0.2) is 4.57 Å². The molecular formula is C24H42NO2+. The highest BCUT2D eigenvalue weighted by Gasteiger charge is 2.24. The molecule has 1 aromatic heterocycles. The van der Waals surface area contributed by atoms with Crippen molar-refractivity contribution < 1.29 is 14.0 Å². The minimum absolute atomic E-state index is 0.182. The van der Waals surface area contributed by atoms with E-state index in [4.69, 9.17) is 9.47 Å². The average molecular weight is 377 g/mol. The molecule has 0 N–H and O–H groups in total. The van der Waals surface area contributed by atoms with Crippen LogP contribution in [0.2, 0.25) is 0 Å². The van der Waals surface area contributed by atoms with Gasteiger partial charge >= 0.3 is 0 Å². The Labute approximate surface area is 167 Å². The number of pyridine rings is 1. The zero-order valence-electron chi connectivity index (χ0n) is 18.0. The molecule has 0 amide bonds. The normalized spacial score (nSPS) is 21.3. The lowest BCUT2D eigenvalue weighted by Crippen LogP contribution is -2.36. The van der Waals surface area contributed by atoms with Crippen molar-refractivity contribution in [3.8, 4) is 0 Å². The van der Waals surface area contributed by atoms with Gasteiger partial charge in [0.1, 0.15) is 0 Å². The first-order valence-corrected chi connectivity index (χ1v) is 11.4. The second-order valence-electron chi connectivity index (χ2n) is 8.47. The van der Waals surface area contributed by atoms with E-state index in [1.54, 1.807) is 0 Å². The third kappa shape index (κ3) is 8.74. The highest BCUT2D eigenvalue weighted by molar-refractivity contribution is 5.09. The molecule has 2 heterocycles. The second-order valence-corrected chi connectivity index (χ2v) is 8.47. The maximum absolute atomic E-state index is 6.01. The predicted octanol–water partition coefficient (Wildman–Crippen LogP) is 6.21. The molecule has 1 saturated heterocycles. The maximum Gasteiger partial charge on any atom is 0.184 e. The monoisotopic (exact) mass is 376 g/mol. The van der Waals surface area contributed by atoms with Gasteiger partial charge in [-0.15, -0.1) is 0 Å². The van der Waals surface area contributed by atoms with Gasteiger partial charge in [0.25, 0.3) is 0 Å². The van der Waals surface area contributed by atoms with E-state index in [-0.39, 0.29) is 6.29 Å². The molecule has 27 heavy (non-hydrogen) atoms. The smallest absolute Gasteiger partial charge is 0.184 e. The fraction of sp³-hybridized carbons (Fsp3) is 0.792. The number of rotatable bonds is 13. The van der Waals surface area contributed by atoms with E-state index in [9.17, 15) is 0 Å². The molecule has 0 bridgehead atoms. The zero-order chi connectivity index (χ0) is 19.3. The van der Waals surface area contributed by atoms with Gasteiger partial charge in [-0.05, 0) is 12.8 Å². The van der Waals surface area contributed by atoms with Crippen LogP contribution in [0.5, 0.6) is 0 Å². The van der Waals surface area contributed by atoms with Crippen LogP contribution in [-0.2, 0) is 16.0 Å². The van der Waals surface area contributed by atoms with Crippen LogP contribution in [0.1, 0.15) is 96.8 Å². The Hall–Kier alpha value is -0.930. The lowest BCUT2D eigenvalue weighted by Gasteiger charge is -2.29. The molecule has 1 atom stereocenters. The van der Waals surface area contributed by atoms with Crippen LogP contribution in [0.15, 0.2) is 24.5 Å². The number of unbranched alkanes of at least 4 members (excludes halogenated alkanes) is 7. The molecular weight excluding hydrogens is 334 g/mol. The molecule has 3 heteroatoms. The lowest BCUT2D eigenvalue weighted by atomic mass is 10.0. The molecule has 3 nitrogen and oxygen atoms in total. The summed E-state index contributed by atoms with van der Waals surface area (Å²) in [7, 11) is 0. The van der Waals surface area contributed by atoms with Crippen molar-refractivity contribution in [2.45, 2.75) is 97.8 Å². The average Bonchev–Trinajstić information content (AvgIpc) is 2.71. The van der Waals surface area contributed by atoms with Crippen LogP contribution >= 0.6 is 0 Å². The zero-order valence-corrected chi connectivity index (χ0v) is 18.0. The standard InChI is InChI=1S/C24H42NO2/c1-4-6-7-8-9-10-11-12-13-22-19-26-24(27-20-22)23-14-16-25(17-15-23)18-21(3)5-2/h14-17,21-22,24H,4-13,18-20H2,1-3H3/q+1. The van der Waals surface area contributed by atoms with E-state index in [0.717, 1.165) is 25.3 Å². The second kappa shape index (κ2) is 13.3. The molecule has 1 aliphatic heterocycles. The summed E-state index contributed by atoms with van der Waals surface area (Å²) in [4.78, 5) is 0. The van der Waals surface area contributed by atoms with E-state index in [0.29, 0.717) is 11.8 Å². The van der Waals surface area contributed by atoms with Gasteiger partial charge in [0.05, 0.1) is 13.2 Å². The van der Waals surface area contributed by atoms with E-state index >= 15 is 0 Å². The topological polar surface area (TPSA) is 22.3 Å². The highest BCUT2D eigenvalue weighted by Crippen LogP contribution is 2.26. The van der Waals surface area contributed by atoms with Crippen molar-refractivity contribution in [3.05, 3.63) is 30.1 Å². The number of ether oxygens (including phenoxy) is 2. The summed E-state index contributed by atoms with van der Waals surface area (Å²) in [6.07, 6.45) is 17.6. The fourth-order valence-electron chi connectivity index (χ4n) is 3.71. The highest BCUT2D eigenvalue weighted by atomic mass is 16.7. The summed E-state index contributed by atoms with van der Waals surface area (Å²) < 4.78 is 14.3. The number of hydrogen-bond acceptors (Lipinski definition) is 2. The van der Waals surface area contributed by atoms with E-state index in [2.05, 4.69) is 49.9 Å². The van der Waals surface area contributed by atoms with Crippen LogP contribution in [0.25, 0.3) is 0 Å². The summed E-state index contributed by atoms with van der Waals surface area (Å²) >= 11 is 0. The Bertz CT molecular complexity index is 480. The molecule has 1 unspecified atom stereocenters. The number of aromatic nitrogens is 1. The van der Waals surface area contributed by atoms with Crippen molar-refractivity contribution >= 4 is 0 Å². The van der Waals surface area contributed by atoms with E-state index in [1.165, 1.54) is 64.2 Å². The first-order valence-electron chi connectivity index (χ1n) is 11.4. The molecule has 0 spiro atoms. The van der Waals surface area contributed by atoms with Crippen molar-refractivity contribution in [1.29, 1.82) is 0 Å². The van der Waals surface area contributed by atoms with Gasteiger partial charge in [-0.1, -0.05) is 72.1 Å². The number of nitrogens with zero attached hydrogens (tertiary/aromatic N) is 1. The van der Waals surface area contributed by atoms with Gasteiger partial charge in [0.2, 0.25) is 0 Å². The largest absolute Gasteiger partial charge is 0.348 e. The van der Waals surface area contributed by atoms with Gasteiger partial charge in [-0.2, -0.15) is 0 Å². The van der Waals surface area contributed by atoms with Gasteiger partial charge < -0.3 is 9.47 Å². The summed E-state index contributed by atoms with van der Waals surface area (Å²) in [5.74, 6) is 1.28. The molecule has 2 rings (SSSR count). The fourth-order valence-corrected chi connectivity index (χ4v) is 3.71. The summed E-state index contributed by atoms with van der Waals surface area (Å²) in [5.41, 5.74) is 1.14. The van der Waals surface area contributed by atoms with Crippen LogP contribution < -0.4 is 4.57 Å². The van der Waals surface area contributed by atoms with Crippen molar-refractivity contribution in [2.75, 3.05) is 13.2 Å². The summed E-state index contributed by atoms with van der Waals surface area (Å²) in [6.45, 7) is 9.56. The quantitative estimate of drug-likeness (QED) is 0.301. The summed E-state index contributed by atoms with van der Waals surface area (Å²) in [5, 5.41) is 0. The van der Waals surface area contributed by atoms with Gasteiger partial charge in [0.15, 0.2) is 25.2 Å². The van der Waals surface area contributed by atoms with Crippen LogP contribution in [0, 0.1) is 11.8 Å². The first-order chi connectivity index (χ1) is 13.2. The molecule has 1 aromatic rings. The SMILES string of the molecule is CCCCCCCCCCC1COC(c2cc[n+](CC(C)CC)cc2)OC1. The van der Waals surface area contributed by atoms with Gasteiger partial charge in [-0.3, -0.25) is 0 Å². The molecule has 154 valence electrons. The molecule has 0 radical (unpaired) electrons. The molecule has 1 aliphatic rings. The van der Waals surface area contributed by atoms with E-state index < -0.39 is 0 Å². The van der Waals surface area contributed by atoms with E-state index in [1.807, 2.05) is 0 Å². The Kier molecular flexibility index (Phi) is 11.0. The Morgan fingerprint density at radius 2 is 1.52 bits per heavy atom. The molecule has 1 fully saturated rings. The predicted molar refractivity (Wildman–Crippen MR) is 111 cm³/mol. The maximum atomic E-state index is 6.01. The van der Waals surface area contributed by atoms with Gasteiger partial charge in [0, 0.05) is 29.5 Å². The minimum atomic E-state index is -0.182. The Morgan fingerprint density at radius 1 is 0.926 bits per heavy atom. The van der Waals surface area contributed by atoms with Crippen LogP contribution in [-0.4, -0.2) is 13.2 Å². The van der Waals surface area contributed by atoms with Crippen LogP contribution in [0.3, 0.4) is 0 Å². The Morgan fingerprint density at radius 3 is 2.11 bits per heavy atom. The Balaban J connectivity index is 1.58. The summed E-state index contributed by atoms with van der Waals surface area (Å²) in [6, 6.07) is 4.29. The van der Waals surface area contributed by atoms with Crippen LogP contribution in [0.4, 0.5) is 0 Å². The third-order valence-corrected chi connectivity index (χ3v) is 5.84. The minimum Gasteiger partial charge on any atom is -0.348 e. The van der Waals surface area contributed by atoms with Crippen molar-refractivity contribution in [1.82, 2.24) is 0 Å². The number of hydrogen-bond donors (Lipinski definition) is 0. The molecule has 0 aliphatic carbocycles. The third-order valence-electron chi connectivity index (χ3n) is 5.84. The molecule has 0 aromatic carbocycles. The van der Waals surface area contributed by atoms with Crippen molar-refractivity contribution in [2.24, 2.45) is 11.8 Å². The lowest BCUT2D eigenvalue weighted by molar-refractivity contribution is -0.703. The first kappa shape index (κ1) is 22.4. The molecule has 0 saturated carbocycles.